The Labute approximate surface area is 157 Å². The highest BCUT2D eigenvalue weighted by Gasteiger charge is 2.12. The molecule has 0 saturated heterocycles. The SMILES string of the molecule is CCOc1ccc(C(=O)CCC(=O)Nc2ccccc2-n2cccn2)cc1. The first kappa shape index (κ1) is 18.4. The number of Topliss-reactive ketones (excluding diaryl/α,β-unsaturated/α-hetero) is 1. The number of para-hydroxylation sites is 2. The van der Waals surface area contributed by atoms with Gasteiger partial charge >= 0.3 is 0 Å². The highest BCUT2D eigenvalue weighted by molar-refractivity contribution is 6.00. The van der Waals surface area contributed by atoms with E-state index in [0.717, 1.165) is 11.4 Å². The molecule has 0 saturated carbocycles. The van der Waals surface area contributed by atoms with Crippen molar-refractivity contribution >= 4 is 17.4 Å². The van der Waals surface area contributed by atoms with Crippen LogP contribution in [0.15, 0.2) is 67.0 Å². The van der Waals surface area contributed by atoms with E-state index >= 15 is 0 Å². The lowest BCUT2D eigenvalue weighted by atomic mass is 10.1. The lowest BCUT2D eigenvalue weighted by Gasteiger charge is -2.11. The molecule has 27 heavy (non-hydrogen) atoms. The standard InChI is InChI=1S/C21H21N3O3/c1-2-27-17-10-8-16(9-11-17)20(25)12-13-21(26)23-18-6-3-4-7-19(18)24-15-5-14-22-24/h3-11,14-15H,2,12-13H2,1H3,(H,23,26). The number of benzene rings is 2. The number of carbonyl (C=O) groups excluding carboxylic acids is 2. The maximum atomic E-state index is 12.3. The molecule has 1 heterocycles. The van der Waals surface area contributed by atoms with Gasteiger partial charge in [-0.15, -0.1) is 0 Å². The molecule has 0 fully saturated rings. The third-order valence-corrected chi connectivity index (χ3v) is 4.00. The molecule has 1 amide bonds. The number of hydrogen-bond acceptors (Lipinski definition) is 4. The summed E-state index contributed by atoms with van der Waals surface area (Å²) in [5.74, 6) is 0.435. The van der Waals surface area contributed by atoms with Crippen LogP contribution < -0.4 is 10.1 Å². The zero-order chi connectivity index (χ0) is 19.1. The lowest BCUT2D eigenvalue weighted by molar-refractivity contribution is -0.116. The molecule has 1 aromatic heterocycles. The van der Waals surface area contributed by atoms with E-state index in [0.29, 0.717) is 17.9 Å². The summed E-state index contributed by atoms with van der Waals surface area (Å²) in [6.45, 7) is 2.48. The van der Waals surface area contributed by atoms with Crippen LogP contribution in [0.4, 0.5) is 5.69 Å². The van der Waals surface area contributed by atoms with E-state index in [1.54, 1.807) is 41.3 Å². The van der Waals surface area contributed by atoms with Gasteiger partial charge in [0, 0.05) is 30.8 Å². The first-order chi connectivity index (χ1) is 13.2. The molecule has 3 rings (SSSR count). The third-order valence-electron chi connectivity index (χ3n) is 4.00. The molecule has 6 heteroatoms. The van der Waals surface area contributed by atoms with Crippen LogP contribution >= 0.6 is 0 Å². The second-order valence-electron chi connectivity index (χ2n) is 5.90. The zero-order valence-corrected chi connectivity index (χ0v) is 15.1. The van der Waals surface area contributed by atoms with Crippen LogP contribution in [0.25, 0.3) is 5.69 Å². The van der Waals surface area contributed by atoms with Crippen LogP contribution in [-0.2, 0) is 4.79 Å². The fourth-order valence-corrected chi connectivity index (χ4v) is 2.68. The predicted octanol–water partition coefficient (Wildman–Crippen LogP) is 3.87. The number of anilines is 1. The number of rotatable bonds is 8. The highest BCUT2D eigenvalue weighted by atomic mass is 16.5. The monoisotopic (exact) mass is 363 g/mol. The molecule has 0 radical (unpaired) electrons. The average Bonchev–Trinajstić information content (AvgIpc) is 3.22. The number of nitrogens with one attached hydrogen (secondary N) is 1. The fraction of sp³-hybridized carbons (Fsp3) is 0.190. The lowest BCUT2D eigenvalue weighted by Crippen LogP contribution is -2.15. The Bertz CT molecular complexity index is 903. The van der Waals surface area contributed by atoms with E-state index in [4.69, 9.17) is 4.74 Å². The molecule has 0 unspecified atom stereocenters. The van der Waals surface area contributed by atoms with Crippen LogP contribution in [-0.4, -0.2) is 28.1 Å². The van der Waals surface area contributed by atoms with Gasteiger partial charge in [-0.3, -0.25) is 9.59 Å². The summed E-state index contributed by atoms with van der Waals surface area (Å²) in [6, 6.07) is 16.2. The number of aromatic nitrogens is 2. The minimum atomic E-state index is -0.214. The third kappa shape index (κ3) is 4.82. The summed E-state index contributed by atoms with van der Waals surface area (Å²) < 4.78 is 7.05. The van der Waals surface area contributed by atoms with E-state index < -0.39 is 0 Å². The van der Waals surface area contributed by atoms with E-state index in [1.807, 2.05) is 37.3 Å². The van der Waals surface area contributed by atoms with Crippen LogP contribution in [0.2, 0.25) is 0 Å². The van der Waals surface area contributed by atoms with Gasteiger partial charge in [0.1, 0.15) is 5.75 Å². The van der Waals surface area contributed by atoms with Crippen LogP contribution in [0, 0.1) is 0 Å². The van der Waals surface area contributed by atoms with Crippen LogP contribution in [0.5, 0.6) is 5.75 Å². The Kier molecular flexibility index (Phi) is 5.99. The summed E-state index contributed by atoms with van der Waals surface area (Å²) in [7, 11) is 0. The van der Waals surface area contributed by atoms with Gasteiger partial charge in [-0.1, -0.05) is 12.1 Å². The van der Waals surface area contributed by atoms with Crippen molar-refractivity contribution in [2.24, 2.45) is 0 Å². The van der Waals surface area contributed by atoms with Crippen molar-refractivity contribution in [3.8, 4) is 11.4 Å². The Morgan fingerprint density at radius 2 is 1.81 bits per heavy atom. The minimum Gasteiger partial charge on any atom is -0.494 e. The van der Waals surface area contributed by atoms with Crippen molar-refractivity contribution in [3.63, 3.8) is 0 Å². The van der Waals surface area contributed by atoms with Crippen molar-refractivity contribution < 1.29 is 14.3 Å². The van der Waals surface area contributed by atoms with Gasteiger partial charge in [0.15, 0.2) is 5.78 Å². The number of amides is 1. The maximum Gasteiger partial charge on any atom is 0.224 e. The summed E-state index contributed by atoms with van der Waals surface area (Å²) in [6.07, 6.45) is 3.73. The molecule has 0 aliphatic rings. The van der Waals surface area contributed by atoms with Gasteiger partial charge in [-0.05, 0) is 49.4 Å². The van der Waals surface area contributed by atoms with Gasteiger partial charge in [0.2, 0.25) is 5.91 Å². The smallest absolute Gasteiger partial charge is 0.224 e. The quantitative estimate of drug-likeness (QED) is 0.617. The molecule has 0 aliphatic carbocycles. The summed E-state index contributed by atoms with van der Waals surface area (Å²) in [4.78, 5) is 24.6. The van der Waals surface area contributed by atoms with Crippen molar-refractivity contribution in [1.82, 2.24) is 9.78 Å². The number of hydrogen-bond donors (Lipinski definition) is 1. The Morgan fingerprint density at radius 1 is 1.04 bits per heavy atom. The molecular formula is C21H21N3O3. The van der Waals surface area contributed by atoms with Gasteiger partial charge < -0.3 is 10.1 Å². The molecule has 2 aromatic carbocycles. The van der Waals surface area contributed by atoms with Crippen LogP contribution in [0.1, 0.15) is 30.1 Å². The van der Waals surface area contributed by atoms with Gasteiger partial charge in [0.05, 0.1) is 18.0 Å². The molecule has 0 spiro atoms. The Balaban J connectivity index is 1.58. The normalized spacial score (nSPS) is 10.4. The number of carbonyl (C=O) groups is 2. The Hall–Kier alpha value is -3.41. The topological polar surface area (TPSA) is 73.2 Å². The van der Waals surface area contributed by atoms with E-state index in [2.05, 4.69) is 10.4 Å². The first-order valence-electron chi connectivity index (χ1n) is 8.82. The largest absolute Gasteiger partial charge is 0.494 e. The van der Waals surface area contributed by atoms with Gasteiger partial charge in [0.25, 0.3) is 0 Å². The zero-order valence-electron chi connectivity index (χ0n) is 15.1. The molecule has 3 aromatic rings. The fourth-order valence-electron chi connectivity index (χ4n) is 2.68. The van der Waals surface area contributed by atoms with Crippen molar-refractivity contribution in [3.05, 3.63) is 72.6 Å². The van der Waals surface area contributed by atoms with E-state index in [-0.39, 0.29) is 24.5 Å². The highest BCUT2D eigenvalue weighted by Crippen LogP contribution is 2.20. The minimum absolute atomic E-state index is 0.0754. The summed E-state index contributed by atoms with van der Waals surface area (Å²) in [5, 5.41) is 7.05. The Morgan fingerprint density at radius 3 is 2.52 bits per heavy atom. The summed E-state index contributed by atoms with van der Waals surface area (Å²) in [5.41, 5.74) is 2.00. The van der Waals surface area contributed by atoms with E-state index in [1.165, 1.54) is 0 Å². The molecule has 0 aliphatic heterocycles. The number of nitrogens with zero attached hydrogens (tertiary/aromatic N) is 2. The number of ether oxygens (including phenoxy) is 1. The second-order valence-corrected chi connectivity index (χ2v) is 5.90. The average molecular weight is 363 g/mol. The second kappa shape index (κ2) is 8.80. The predicted molar refractivity (Wildman–Crippen MR) is 103 cm³/mol. The molecule has 0 bridgehead atoms. The van der Waals surface area contributed by atoms with Crippen LogP contribution in [0.3, 0.4) is 0 Å². The van der Waals surface area contributed by atoms with Crippen molar-refractivity contribution in [1.29, 1.82) is 0 Å². The maximum absolute atomic E-state index is 12.3. The summed E-state index contributed by atoms with van der Waals surface area (Å²) >= 11 is 0. The molecule has 1 N–H and O–H groups in total. The van der Waals surface area contributed by atoms with E-state index in [9.17, 15) is 9.59 Å². The number of ketones is 1. The van der Waals surface area contributed by atoms with Crippen molar-refractivity contribution in [2.45, 2.75) is 19.8 Å². The van der Waals surface area contributed by atoms with Gasteiger partial charge in [-0.25, -0.2) is 4.68 Å². The molecule has 6 nitrogen and oxygen atoms in total. The molecule has 0 atom stereocenters. The molecular weight excluding hydrogens is 342 g/mol. The first-order valence-corrected chi connectivity index (χ1v) is 8.82. The van der Waals surface area contributed by atoms with Crippen molar-refractivity contribution in [2.75, 3.05) is 11.9 Å². The molecule has 138 valence electrons. The van der Waals surface area contributed by atoms with Gasteiger partial charge in [-0.2, -0.15) is 5.10 Å².